The number of carbonyl (C=O) groups excluding carboxylic acids is 1. The number of rotatable bonds is 1. The van der Waals surface area contributed by atoms with Crippen molar-refractivity contribution in [1.29, 1.82) is 0 Å². The van der Waals surface area contributed by atoms with E-state index in [1.165, 1.54) is 12.1 Å². The molecule has 0 saturated carbocycles. The zero-order valence-corrected chi connectivity index (χ0v) is 15.1. The van der Waals surface area contributed by atoms with Crippen LogP contribution >= 0.6 is 11.6 Å². The average molecular weight is 364 g/mol. The van der Waals surface area contributed by atoms with Crippen molar-refractivity contribution >= 4 is 34.2 Å². The summed E-state index contributed by atoms with van der Waals surface area (Å²) in [5.74, 6) is -0.389. The van der Waals surface area contributed by atoms with Gasteiger partial charge < -0.3 is 9.64 Å². The molecule has 1 aromatic carbocycles. The number of hydrogen-bond donors (Lipinski definition) is 0. The molecule has 1 aliphatic heterocycles. The van der Waals surface area contributed by atoms with Gasteiger partial charge in [0.1, 0.15) is 11.4 Å². The molecule has 132 valence electrons. The number of amides is 1. The van der Waals surface area contributed by atoms with Gasteiger partial charge in [-0.1, -0.05) is 17.7 Å². The molecule has 3 rings (SSSR count). The highest BCUT2D eigenvalue weighted by atomic mass is 35.5. The van der Waals surface area contributed by atoms with Gasteiger partial charge in [-0.05, 0) is 56.5 Å². The van der Waals surface area contributed by atoms with Crippen LogP contribution in [0.1, 0.15) is 32.8 Å². The fourth-order valence-electron chi connectivity index (χ4n) is 2.69. The van der Waals surface area contributed by atoms with Crippen molar-refractivity contribution in [2.45, 2.75) is 32.8 Å². The van der Waals surface area contributed by atoms with Gasteiger partial charge in [0.15, 0.2) is 5.15 Å². The van der Waals surface area contributed by atoms with Crippen LogP contribution in [0, 0.1) is 5.82 Å². The summed E-state index contributed by atoms with van der Waals surface area (Å²) >= 11 is 5.77. The van der Waals surface area contributed by atoms with E-state index < -0.39 is 5.60 Å². The molecule has 0 aliphatic carbocycles. The lowest BCUT2D eigenvalue weighted by Crippen LogP contribution is -2.39. The average Bonchev–Trinajstić information content (AvgIpc) is 2.54. The van der Waals surface area contributed by atoms with Gasteiger partial charge in [0.25, 0.3) is 0 Å². The lowest BCUT2D eigenvalue weighted by Gasteiger charge is -2.29. The molecule has 25 heavy (non-hydrogen) atoms. The number of benzene rings is 1. The molecule has 0 saturated heterocycles. The second-order valence-electron chi connectivity index (χ2n) is 6.96. The zero-order valence-electron chi connectivity index (χ0n) is 14.3. The predicted octanol–water partition coefficient (Wildman–Crippen LogP) is 4.45. The number of ether oxygens (including phenoxy) is 1. The van der Waals surface area contributed by atoms with Crippen LogP contribution in [-0.4, -0.2) is 39.9 Å². The van der Waals surface area contributed by atoms with Crippen LogP contribution in [0.3, 0.4) is 0 Å². The maximum absolute atomic E-state index is 14.3. The molecule has 1 aliphatic rings. The van der Waals surface area contributed by atoms with Crippen LogP contribution in [0.4, 0.5) is 9.18 Å². The molecule has 0 spiro atoms. The third-order valence-electron chi connectivity index (χ3n) is 3.86. The third kappa shape index (κ3) is 4.07. The minimum absolute atomic E-state index is 0.157. The first-order chi connectivity index (χ1) is 11.7. The van der Waals surface area contributed by atoms with Crippen LogP contribution in [0.25, 0.3) is 16.5 Å². The molecule has 2 aromatic rings. The van der Waals surface area contributed by atoms with Crippen molar-refractivity contribution in [2.75, 3.05) is 13.1 Å². The third-order valence-corrected chi connectivity index (χ3v) is 4.04. The lowest BCUT2D eigenvalue weighted by molar-refractivity contribution is 0.0270. The van der Waals surface area contributed by atoms with Gasteiger partial charge in [-0.2, -0.15) is 0 Å². The molecule has 0 N–H and O–H groups in total. The Morgan fingerprint density at radius 3 is 2.68 bits per heavy atom. The quantitative estimate of drug-likeness (QED) is 0.751. The van der Waals surface area contributed by atoms with Gasteiger partial charge in [-0.25, -0.2) is 9.18 Å². The van der Waals surface area contributed by atoms with E-state index in [2.05, 4.69) is 10.2 Å². The van der Waals surface area contributed by atoms with Crippen LogP contribution in [-0.2, 0) is 4.74 Å². The summed E-state index contributed by atoms with van der Waals surface area (Å²) < 4.78 is 19.7. The molecule has 7 heteroatoms. The Hall–Kier alpha value is -2.21. The Morgan fingerprint density at radius 2 is 2.04 bits per heavy atom. The Morgan fingerprint density at radius 1 is 1.28 bits per heavy atom. The van der Waals surface area contributed by atoms with E-state index in [1.807, 2.05) is 26.8 Å². The van der Waals surface area contributed by atoms with E-state index in [4.69, 9.17) is 16.3 Å². The van der Waals surface area contributed by atoms with E-state index in [-0.39, 0.29) is 17.1 Å². The van der Waals surface area contributed by atoms with Crippen molar-refractivity contribution in [2.24, 2.45) is 0 Å². The summed E-state index contributed by atoms with van der Waals surface area (Å²) in [5, 5.41) is 8.21. The van der Waals surface area contributed by atoms with E-state index >= 15 is 0 Å². The second kappa shape index (κ2) is 6.59. The summed E-state index contributed by atoms with van der Waals surface area (Å²) in [7, 11) is 0. The molecular weight excluding hydrogens is 345 g/mol. The number of carbonyl (C=O) groups is 1. The Labute approximate surface area is 150 Å². The summed E-state index contributed by atoms with van der Waals surface area (Å²) in [6.07, 6.45) is 2.19. The van der Waals surface area contributed by atoms with Crippen molar-refractivity contribution in [3.63, 3.8) is 0 Å². The first kappa shape index (κ1) is 17.6. The van der Waals surface area contributed by atoms with Crippen molar-refractivity contribution in [1.82, 2.24) is 15.1 Å². The number of fused-ring (bicyclic) bond motifs is 1. The fourth-order valence-corrected chi connectivity index (χ4v) is 2.83. The summed E-state index contributed by atoms with van der Waals surface area (Å²) in [4.78, 5) is 13.7. The second-order valence-corrected chi connectivity index (χ2v) is 7.35. The molecule has 0 radical (unpaired) electrons. The maximum atomic E-state index is 14.3. The number of aromatic nitrogens is 2. The predicted molar refractivity (Wildman–Crippen MR) is 94.9 cm³/mol. The molecule has 0 atom stereocenters. The van der Waals surface area contributed by atoms with Crippen LogP contribution in [0.15, 0.2) is 24.3 Å². The molecular formula is C18H19ClFN3O2. The largest absolute Gasteiger partial charge is 0.444 e. The van der Waals surface area contributed by atoms with E-state index in [9.17, 15) is 9.18 Å². The Kier molecular flexibility index (Phi) is 4.64. The normalized spacial score (nSPS) is 15.2. The minimum atomic E-state index is -0.525. The van der Waals surface area contributed by atoms with Gasteiger partial charge in [-0.15, -0.1) is 10.2 Å². The van der Waals surface area contributed by atoms with Gasteiger partial charge in [0, 0.05) is 18.5 Å². The molecule has 0 unspecified atom stereocenters. The number of hydrogen-bond acceptors (Lipinski definition) is 4. The van der Waals surface area contributed by atoms with Gasteiger partial charge in [0.2, 0.25) is 0 Å². The van der Waals surface area contributed by atoms with Crippen LogP contribution in [0.5, 0.6) is 0 Å². The summed E-state index contributed by atoms with van der Waals surface area (Å²) in [6, 6.07) is 4.72. The van der Waals surface area contributed by atoms with Crippen molar-refractivity contribution in [3.05, 3.63) is 40.8 Å². The number of nitrogens with zero attached hydrogens (tertiary/aromatic N) is 3. The standard InChI is InChI=1S/C18H19ClFN3O2/c1-18(2,3)25-17(24)23-6-4-11(5-7-23)12-8-14(20)13-10-16(19)22-21-15(13)9-12/h4,8-10H,5-7H2,1-3H3. The van der Waals surface area contributed by atoms with E-state index in [1.54, 1.807) is 11.0 Å². The molecule has 1 aromatic heterocycles. The fraction of sp³-hybridized carbons (Fsp3) is 0.389. The first-order valence-electron chi connectivity index (χ1n) is 8.03. The summed E-state index contributed by atoms with van der Waals surface area (Å²) in [5.41, 5.74) is 1.64. The minimum Gasteiger partial charge on any atom is -0.444 e. The smallest absolute Gasteiger partial charge is 0.410 e. The van der Waals surface area contributed by atoms with E-state index in [0.29, 0.717) is 30.4 Å². The van der Waals surface area contributed by atoms with Gasteiger partial charge >= 0.3 is 6.09 Å². The highest BCUT2D eigenvalue weighted by Gasteiger charge is 2.24. The maximum Gasteiger partial charge on any atom is 0.410 e. The van der Waals surface area contributed by atoms with Gasteiger partial charge in [-0.3, -0.25) is 0 Å². The zero-order chi connectivity index (χ0) is 18.2. The topological polar surface area (TPSA) is 55.3 Å². The summed E-state index contributed by atoms with van der Waals surface area (Å²) in [6.45, 7) is 6.45. The molecule has 0 bridgehead atoms. The van der Waals surface area contributed by atoms with Crippen LogP contribution < -0.4 is 0 Å². The monoisotopic (exact) mass is 363 g/mol. The first-order valence-corrected chi connectivity index (χ1v) is 8.40. The van der Waals surface area contributed by atoms with Crippen LogP contribution in [0.2, 0.25) is 5.15 Å². The molecule has 0 fully saturated rings. The molecule has 2 heterocycles. The highest BCUT2D eigenvalue weighted by Crippen LogP contribution is 2.28. The van der Waals surface area contributed by atoms with Gasteiger partial charge in [0.05, 0.1) is 5.52 Å². The molecule has 1 amide bonds. The Bertz CT molecular complexity index is 861. The van der Waals surface area contributed by atoms with E-state index in [0.717, 1.165) is 11.1 Å². The number of halogens is 2. The SMILES string of the molecule is CC(C)(C)OC(=O)N1CC=C(c2cc(F)c3cc(Cl)nnc3c2)CC1. The Balaban J connectivity index is 1.81. The van der Waals surface area contributed by atoms with Crippen molar-refractivity contribution < 1.29 is 13.9 Å². The van der Waals surface area contributed by atoms with Crippen molar-refractivity contribution in [3.8, 4) is 0 Å². The molecule has 5 nitrogen and oxygen atoms in total. The highest BCUT2D eigenvalue weighted by molar-refractivity contribution is 6.29. The lowest BCUT2D eigenvalue weighted by atomic mass is 9.98.